The molecule has 0 bridgehead atoms. The normalized spacial score (nSPS) is 14.8. The Kier molecular flexibility index (Phi) is 5.91. The number of nitrogens with one attached hydrogen (secondary N) is 1. The first-order chi connectivity index (χ1) is 12.7. The molecule has 3 rings (SSSR count). The maximum Gasteiger partial charge on any atom is 0.322 e. The van der Waals surface area contributed by atoms with E-state index in [1.165, 1.54) is 5.56 Å². The van der Waals surface area contributed by atoms with Gasteiger partial charge >= 0.3 is 6.03 Å². The molecule has 1 aliphatic heterocycles. The van der Waals surface area contributed by atoms with E-state index in [-0.39, 0.29) is 6.03 Å². The molecule has 7 heteroatoms. The van der Waals surface area contributed by atoms with Crippen molar-refractivity contribution in [2.45, 2.75) is 6.54 Å². The highest BCUT2D eigenvalue weighted by Crippen LogP contribution is 2.29. The lowest BCUT2D eigenvalue weighted by Crippen LogP contribution is -2.49. The van der Waals surface area contributed by atoms with Gasteiger partial charge in [0.2, 0.25) is 0 Å². The van der Waals surface area contributed by atoms with Crippen LogP contribution in [0.15, 0.2) is 42.7 Å². The number of carbonyl (C=O) groups is 1. The molecule has 0 spiro atoms. The molecule has 1 N–H and O–H groups in total. The average molecular weight is 356 g/mol. The van der Waals surface area contributed by atoms with E-state index in [0.717, 1.165) is 19.6 Å². The average Bonchev–Trinajstić information content (AvgIpc) is 2.69. The van der Waals surface area contributed by atoms with Crippen LogP contribution in [0.4, 0.5) is 10.5 Å². The van der Waals surface area contributed by atoms with Gasteiger partial charge in [0.1, 0.15) is 11.5 Å². The summed E-state index contributed by atoms with van der Waals surface area (Å²) in [7, 11) is 3.17. The van der Waals surface area contributed by atoms with Crippen molar-refractivity contribution in [3.8, 4) is 11.5 Å². The van der Waals surface area contributed by atoms with Gasteiger partial charge < -0.3 is 19.7 Å². The fraction of sp³-hybridized carbons (Fsp3) is 0.368. The Morgan fingerprint density at radius 1 is 1.08 bits per heavy atom. The number of hydrogen-bond acceptors (Lipinski definition) is 5. The summed E-state index contributed by atoms with van der Waals surface area (Å²) in [5.41, 5.74) is 1.84. The van der Waals surface area contributed by atoms with Gasteiger partial charge in [0.05, 0.1) is 19.9 Å². The van der Waals surface area contributed by atoms with E-state index in [1.807, 2.05) is 17.0 Å². The Labute approximate surface area is 153 Å². The first-order valence-electron chi connectivity index (χ1n) is 8.59. The SMILES string of the molecule is COc1ccc(OC)c(NC(=O)N2CCN(Cc3ccncc3)CC2)c1. The summed E-state index contributed by atoms with van der Waals surface area (Å²) in [4.78, 5) is 20.8. The Bertz CT molecular complexity index is 731. The van der Waals surface area contributed by atoms with Crippen molar-refractivity contribution in [1.82, 2.24) is 14.8 Å². The summed E-state index contributed by atoms with van der Waals surface area (Å²) in [6, 6.07) is 9.26. The second kappa shape index (κ2) is 8.53. The highest BCUT2D eigenvalue weighted by molar-refractivity contribution is 5.91. The van der Waals surface area contributed by atoms with Crippen molar-refractivity contribution in [2.75, 3.05) is 45.7 Å². The lowest BCUT2D eigenvalue weighted by Gasteiger charge is -2.34. The second-order valence-electron chi connectivity index (χ2n) is 6.12. The van der Waals surface area contributed by atoms with E-state index in [0.29, 0.717) is 30.3 Å². The number of hydrogen-bond donors (Lipinski definition) is 1. The molecule has 0 radical (unpaired) electrons. The second-order valence-corrected chi connectivity index (χ2v) is 6.12. The fourth-order valence-electron chi connectivity index (χ4n) is 2.96. The molecule has 2 aromatic rings. The highest BCUT2D eigenvalue weighted by atomic mass is 16.5. The molecule has 138 valence electrons. The van der Waals surface area contributed by atoms with Gasteiger partial charge in [-0.2, -0.15) is 0 Å². The minimum atomic E-state index is -0.125. The number of benzene rings is 1. The van der Waals surface area contributed by atoms with Crippen LogP contribution in [-0.2, 0) is 6.54 Å². The number of methoxy groups -OCH3 is 2. The number of nitrogens with zero attached hydrogens (tertiary/aromatic N) is 3. The van der Waals surface area contributed by atoms with Crippen LogP contribution in [-0.4, -0.2) is 61.2 Å². The van der Waals surface area contributed by atoms with Crippen LogP contribution in [0.3, 0.4) is 0 Å². The zero-order chi connectivity index (χ0) is 18.4. The monoisotopic (exact) mass is 356 g/mol. The third-order valence-corrected chi connectivity index (χ3v) is 4.46. The van der Waals surface area contributed by atoms with Crippen molar-refractivity contribution < 1.29 is 14.3 Å². The molecule has 0 unspecified atom stereocenters. The smallest absolute Gasteiger partial charge is 0.322 e. The van der Waals surface area contributed by atoms with E-state index in [2.05, 4.69) is 15.2 Å². The number of ether oxygens (including phenoxy) is 2. The van der Waals surface area contributed by atoms with Gasteiger partial charge in [0.15, 0.2) is 0 Å². The van der Waals surface area contributed by atoms with Gasteiger partial charge in [0.25, 0.3) is 0 Å². The molecule has 0 atom stereocenters. The van der Waals surface area contributed by atoms with E-state index < -0.39 is 0 Å². The van der Waals surface area contributed by atoms with Crippen molar-refractivity contribution in [2.24, 2.45) is 0 Å². The Balaban J connectivity index is 1.55. The summed E-state index contributed by atoms with van der Waals surface area (Å²) in [6.45, 7) is 3.92. The number of urea groups is 1. The minimum absolute atomic E-state index is 0.125. The van der Waals surface area contributed by atoms with Crippen LogP contribution in [0.1, 0.15) is 5.56 Å². The third kappa shape index (κ3) is 4.43. The topological polar surface area (TPSA) is 66.9 Å². The Morgan fingerprint density at radius 3 is 2.46 bits per heavy atom. The van der Waals surface area contributed by atoms with Gasteiger partial charge in [-0.1, -0.05) is 0 Å². The van der Waals surface area contributed by atoms with Crippen molar-refractivity contribution >= 4 is 11.7 Å². The number of amides is 2. The number of anilines is 1. The molecule has 7 nitrogen and oxygen atoms in total. The van der Waals surface area contributed by atoms with E-state index in [4.69, 9.17) is 9.47 Å². The molecule has 2 amide bonds. The summed E-state index contributed by atoms with van der Waals surface area (Å²) in [5, 5.41) is 2.93. The maximum absolute atomic E-state index is 12.6. The number of rotatable bonds is 5. The van der Waals surface area contributed by atoms with Crippen molar-refractivity contribution in [1.29, 1.82) is 0 Å². The standard InChI is InChI=1S/C19H24N4O3/c1-25-16-3-4-18(26-2)17(13-16)21-19(24)23-11-9-22(10-12-23)14-15-5-7-20-8-6-15/h3-8,13H,9-12,14H2,1-2H3,(H,21,24). The summed E-state index contributed by atoms with van der Waals surface area (Å²) < 4.78 is 10.5. The quantitative estimate of drug-likeness (QED) is 0.891. The zero-order valence-corrected chi connectivity index (χ0v) is 15.1. The van der Waals surface area contributed by atoms with Crippen LogP contribution in [0.2, 0.25) is 0 Å². The highest BCUT2D eigenvalue weighted by Gasteiger charge is 2.22. The lowest BCUT2D eigenvalue weighted by atomic mass is 10.2. The van der Waals surface area contributed by atoms with E-state index in [9.17, 15) is 4.79 Å². The van der Waals surface area contributed by atoms with Crippen LogP contribution >= 0.6 is 0 Å². The third-order valence-electron chi connectivity index (χ3n) is 4.46. The van der Waals surface area contributed by atoms with Gasteiger partial charge in [-0.25, -0.2) is 4.79 Å². The molecule has 1 aliphatic rings. The van der Waals surface area contributed by atoms with Crippen LogP contribution in [0.5, 0.6) is 11.5 Å². The summed E-state index contributed by atoms with van der Waals surface area (Å²) >= 11 is 0. The van der Waals surface area contributed by atoms with Gasteiger partial charge in [-0.3, -0.25) is 9.88 Å². The summed E-state index contributed by atoms with van der Waals surface area (Å²) in [5.74, 6) is 1.28. The van der Waals surface area contributed by atoms with Gasteiger partial charge in [-0.05, 0) is 29.8 Å². The van der Waals surface area contributed by atoms with Crippen LogP contribution < -0.4 is 14.8 Å². The maximum atomic E-state index is 12.6. The fourth-order valence-corrected chi connectivity index (χ4v) is 2.96. The molecular weight excluding hydrogens is 332 g/mol. The molecule has 1 aromatic heterocycles. The number of piperazine rings is 1. The minimum Gasteiger partial charge on any atom is -0.497 e. The molecule has 0 saturated carbocycles. The largest absolute Gasteiger partial charge is 0.497 e. The molecule has 1 saturated heterocycles. The molecule has 26 heavy (non-hydrogen) atoms. The molecule has 0 aliphatic carbocycles. The zero-order valence-electron chi connectivity index (χ0n) is 15.1. The molecular formula is C19H24N4O3. The van der Waals surface area contributed by atoms with E-state index >= 15 is 0 Å². The predicted molar refractivity (Wildman–Crippen MR) is 99.7 cm³/mol. The van der Waals surface area contributed by atoms with Gasteiger partial charge in [-0.15, -0.1) is 0 Å². The van der Waals surface area contributed by atoms with Crippen LogP contribution in [0.25, 0.3) is 0 Å². The Morgan fingerprint density at radius 2 is 1.81 bits per heavy atom. The molecule has 1 fully saturated rings. The van der Waals surface area contributed by atoms with Crippen LogP contribution in [0, 0.1) is 0 Å². The Hall–Kier alpha value is -2.80. The molecule has 2 heterocycles. The van der Waals surface area contributed by atoms with Crippen molar-refractivity contribution in [3.05, 3.63) is 48.3 Å². The number of aromatic nitrogens is 1. The van der Waals surface area contributed by atoms with Gasteiger partial charge in [0, 0.05) is 51.2 Å². The number of pyridine rings is 1. The van der Waals surface area contributed by atoms with Crippen molar-refractivity contribution in [3.63, 3.8) is 0 Å². The first kappa shape index (κ1) is 18.0. The van der Waals surface area contributed by atoms with E-state index in [1.54, 1.807) is 44.8 Å². The number of carbonyl (C=O) groups excluding carboxylic acids is 1. The lowest BCUT2D eigenvalue weighted by molar-refractivity contribution is 0.143. The predicted octanol–water partition coefficient (Wildman–Crippen LogP) is 2.45. The molecule has 1 aromatic carbocycles. The first-order valence-corrected chi connectivity index (χ1v) is 8.59. The summed E-state index contributed by atoms with van der Waals surface area (Å²) in [6.07, 6.45) is 3.61.